The highest BCUT2D eigenvalue weighted by molar-refractivity contribution is 7.91. The van der Waals surface area contributed by atoms with E-state index >= 15 is 0 Å². The zero-order valence-electron chi connectivity index (χ0n) is 13.9. The summed E-state index contributed by atoms with van der Waals surface area (Å²) in [6, 6.07) is 16.8. The summed E-state index contributed by atoms with van der Waals surface area (Å²) in [7, 11) is -0.568. The number of hydrogen-bond donors (Lipinski definition) is 0. The van der Waals surface area contributed by atoms with Gasteiger partial charge in [-0.15, -0.1) is 11.3 Å². The standard InChI is InChI=1S/C18H18N2O3S2/c1-19(25(22,23)18-8-5-11-24-18)13-17(21)20(2)16-10-9-14-6-3-4-7-15(14)12-16/h3-12H,13H2,1-2H3. The lowest BCUT2D eigenvalue weighted by Crippen LogP contribution is -2.39. The molecule has 3 aromatic rings. The van der Waals surface area contributed by atoms with Crippen LogP contribution in [0.25, 0.3) is 10.8 Å². The summed E-state index contributed by atoms with van der Waals surface area (Å²) >= 11 is 1.14. The molecule has 0 aliphatic carbocycles. The third-order valence-electron chi connectivity index (χ3n) is 4.01. The molecule has 0 saturated heterocycles. The smallest absolute Gasteiger partial charge is 0.252 e. The summed E-state index contributed by atoms with van der Waals surface area (Å²) in [5.74, 6) is -0.294. The first kappa shape index (κ1) is 17.6. The van der Waals surface area contributed by atoms with Gasteiger partial charge in [0.1, 0.15) is 4.21 Å². The Morgan fingerprint density at radius 2 is 1.72 bits per heavy atom. The normalized spacial score (nSPS) is 11.8. The highest BCUT2D eigenvalue weighted by Crippen LogP contribution is 2.23. The van der Waals surface area contributed by atoms with Crippen molar-refractivity contribution < 1.29 is 13.2 Å². The Morgan fingerprint density at radius 3 is 2.40 bits per heavy atom. The number of fused-ring (bicyclic) bond motifs is 1. The number of nitrogens with zero attached hydrogens (tertiary/aromatic N) is 2. The Balaban J connectivity index is 1.77. The van der Waals surface area contributed by atoms with Gasteiger partial charge in [-0.05, 0) is 34.4 Å². The lowest BCUT2D eigenvalue weighted by molar-refractivity contribution is -0.118. The van der Waals surface area contributed by atoms with Crippen molar-refractivity contribution in [2.75, 3.05) is 25.5 Å². The fourth-order valence-corrected chi connectivity index (χ4v) is 4.80. The number of carbonyl (C=O) groups is 1. The molecule has 2 aromatic carbocycles. The number of thiophene rings is 1. The number of carbonyl (C=O) groups excluding carboxylic acids is 1. The van der Waals surface area contributed by atoms with Crippen molar-refractivity contribution in [3.63, 3.8) is 0 Å². The Labute approximate surface area is 151 Å². The van der Waals surface area contributed by atoms with E-state index in [1.165, 1.54) is 18.0 Å². The third kappa shape index (κ3) is 3.58. The van der Waals surface area contributed by atoms with Gasteiger partial charge in [0.05, 0.1) is 6.54 Å². The van der Waals surface area contributed by atoms with Crippen molar-refractivity contribution in [3.8, 4) is 0 Å². The highest BCUT2D eigenvalue weighted by atomic mass is 32.2. The van der Waals surface area contributed by atoms with Crippen LogP contribution in [0.5, 0.6) is 0 Å². The van der Waals surface area contributed by atoms with E-state index in [4.69, 9.17) is 0 Å². The summed E-state index contributed by atoms with van der Waals surface area (Å²) in [4.78, 5) is 14.0. The molecule has 1 amide bonds. The number of hydrogen-bond acceptors (Lipinski definition) is 4. The van der Waals surface area contributed by atoms with Crippen molar-refractivity contribution in [1.82, 2.24) is 4.31 Å². The average Bonchev–Trinajstić information content (AvgIpc) is 3.16. The Morgan fingerprint density at radius 1 is 1.00 bits per heavy atom. The third-order valence-corrected chi connectivity index (χ3v) is 7.19. The van der Waals surface area contributed by atoms with Gasteiger partial charge in [0.2, 0.25) is 5.91 Å². The fraction of sp³-hybridized carbons (Fsp3) is 0.167. The van der Waals surface area contributed by atoms with E-state index in [1.54, 1.807) is 18.5 Å². The first-order valence-corrected chi connectivity index (χ1v) is 9.97. The molecule has 1 heterocycles. The van der Waals surface area contributed by atoms with E-state index in [9.17, 15) is 13.2 Å². The molecule has 0 spiro atoms. The zero-order chi connectivity index (χ0) is 18.0. The average molecular weight is 374 g/mol. The second-order valence-corrected chi connectivity index (χ2v) is 8.90. The van der Waals surface area contributed by atoms with E-state index < -0.39 is 10.0 Å². The van der Waals surface area contributed by atoms with Crippen molar-refractivity contribution in [3.05, 3.63) is 60.0 Å². The molecule has 3 rings (SSSR count). The predicted octanol–water partition coefficient (Wildman–Crippen LogP) is 3.18. The van der Waals surface area contributed by atoms with Gasteiger partial charge in [-0.2, -0.15) is 4.31 Å². The van der Waals surface area contributed by atoms with E-state index in [2.05, 4.69) is 0 Å². The van der Waals surface area contributed by atoms with Crippen molar-refractivity contribution in [1.29, 1.82) is 0 Å². The maximum Gasteiger partial charge on any atom is 0.252 e. The Hall–Kier alpha value is -2.22. The van der Waals surface area contributed by atoms with Crippen LogP contribution in [0.1, 0.15) is 0 Å². The Kier molecular flexibility index (Phi) is 4.89. The van der Waals surface area contributed by atoms with Crippen LogP contribution in [0.3, 0.4) is 0 Å². The molecule has 0 fully saturated rings. The van der Waals surface area contributed by atoms with Gasteiger partial charge < -0.3 is 4.90 Å². The molecule has 0 N–H and O–H groups in total. The molecular weight excluding hydrogens is 356 g/mol. The van der Waals surface area contributed by atoms with Gasteiger partial charge in [0.25, 0.3) is 10.0 Å². The zero-order valence-corrected chi connectivity index (χ0v) is 15.5. The number of sulfonamides is 1. The number of likely N-dealkylation sites (N-methyl/N-ethyl adjacent to an activating group) is 2. The van der Waals surface area contributed by atoms with Crippen LogP contribution in [0.4, 0.5) is 5.69 Å². The summed E-state index contributed by atoms with van der Waals surface area (Å²) in [6.45, 7) is -0.219. The molecule has 0 bridgehead atoms. The lowest BCUT2D eigenvalue weighted by Gasteiger charge is -2.22. The van der Waals surface area contributed by atoms with Gasteiger partial charge in [-0.25, -0.2) is 8.42 Å². The van der Waals surface area contributed by atoms with Gasteiger partial charge >= 0.3 is 0 Å². The molecule has 0 radical (unpaired) electrons. The fourth-order valence-electron chi connectivity index (χ4n) is 2.47. The number of amides is 1. The largest absolute Gasteiger partial charge is 0.314 e. The van der Waals surface area contributed by atoms with Gasteiger partial charge in [-0.3, -0.25) is 4.79 Å². The van der Waals surface area contributed by atoms with Crippen molar-refractivity contribution in [2.45, 2.75) is 4.21 Å². The second-order valence-electron chi connectivity index (χ2n) is 5.68. The molecule has 5 nitrogen and oxygen atoms in total. The van der Waals surface area contributed by atoms with Crippen LogP contribution in [-0.2, 0) is 14.8 Å². The molecule has 0 aliphatic rings. The van der Waals surface area contributed by atoms with Crippen LogP contribution in [0.15, 0.2) is 64.2 Å². The SMILES string of the molecule is CN(C(=O)CN(C)S(=O)(=O)c1cccs1)c1ccc2ccccc2c1. The number of anilines is 1. The monoisotopic (exact) mass is 374 g/mol. The van der Waals surface area contributed by atoms with Crippen molar-refractivity contribution in [2.24, 2.45) is 0 Å². The molecular formula is C18H18N2O3S2. The minimum Gasteiger partial charge on any atom is -0.314 e. The molecule has 0 saturated carbocycles. The van der Waals surface area contributed by atoms with Crippen LogP contribution in [0, 0.1) is 0 Å². The maximum atomic E-state index is 12.5. The second kappa shape index (κ2) is 6.95. The van der Waals surface area contributed by atoms with Crippen molar-refractivity contribution >= 4 is 43.7 Å². The number of benzene rings is 2. The molecule has 7 heteroatoms. The van der Waals surface area contributed by atoms with E-state index in [0.29, 0.717) is 0 Å². The van der Waals surface area contributed by atoms with E-state index in [0.717, 1.165) is 32.1 Å². The minimum absolute atomic E-state index is 0.219. The summed E-state index contributed by atoms with van der Waals surface area (Å²) < 4.78 is 26.2. The summed E-state index contributed by atoms with van der Waals surface area (Å²) in [5.41, 5.74) is 0.727. The molecule has 130 valence electrons. The Bertz CT molecular complexity index is 998. The van der Waals surface area contributed by atoms with Crippen LogP contribution in [-0.4, -0.2) is 39.3 Å². The topological polar surface area (TPSA) is 57.7 Å². The first-order valence-electron chi connectivity index (χ1n) is 7.65. The van der Waals surface area contributed by atoms with E-state index in [1.807, 2.05) is 42.5 Å². The molecule has 1 aromatic heterocycles. The van der Waals surface area contributed by atoms with Gasteiger partial charge in [0.15, 0.2) is 0 Å². The van der Waals surface area contributed by atoms with Crippen LogP contribution >= 0.6 is 11.3 Å². The predicted molar refractivity (Wildman–Crippen MR) is 101 cm³/mol. The highest BCUT2D eigenvalue weighted by Gasteiger charge is 2.25. The number of rotatable bonds is 5. The first-order chi connectivity index (χ1) is 11.9. The van der Waals surface area contributed by atoms with Gasteiger partial charge in [0, 0.05) is 19.8 Å². The molecule has 0 aliphatic heterocycles. The summed E-state index contributed by atoms with van der Waals surface area (Å²) in [5, 5.41) is 3.81. The molecule has 25 heavy (non-hydrogen) atoms. The van der Waals surface area contributed by atoms with Gasteiger partial charge in [-0.1, -0.05) is 36.4 Å². The minimum atomic E-state index is -3.64. The van der Waals surface area contributed by atoms with Crippen LogP contribution in [0.2, 0.25) is 0 Å². The lowest BCUT2D eigenvalue weighted by atomic mass is 10.1. The molecule has 0 atom stereocenters. The quantitative estimate of drug-likeness (QED) is 0.689. The summed E-state index contributed by atoms with van der Waals surface area (Å²) in [6.07, 6.45) is 0. The molecule has 0 unspecified atom stereocenters. The van der Waals surface area contributed by atoms with Crippen LogP contribution < -0.4 is 4.90 Å². The maximum absolute atomic E-state index is 12.5. The van der Waals surface area contributed by atoms with E-state index in [-0.39, 0.29) is 16.7 Å².